The number of unbranched alkanes of at least 4 members (excludes halogenated alkanes) is 18. The summed E-state index contributed by atoms with van der Waals surface area (Å²) in [6.07, 6.45) is 46.3. The van der Waals surface area contributed by atoms with Gasteiger partial charge in [-0.2, -0.15) is 0 Å². The molecule has 0 aromatic carbocycles. The van der Waals surface area contributed by atoms with Crippen LogP contribution in [0.25, 0.3) is 0 Å². The zero-order chi connectivity index (χ0) is 36.5. The van der Waals surface area contributed by atoms with Crippen LogP contribution in [-0.2, 0) is 18.1 Å². The fraction of sp³-hybridized carbons (Fsp3) is 0.810. The second kappa shape index (κ2) is 40.7. The predicted molar refractivity (Wildman–Crippen MR) is 215 cm³/mol. The lowest BCUT2D eigenvalue weighted by molar-refractivity contribution is 0.0910. The van der Waals surface area contributed by atoms with Crippen LogP contribution in [-0.4, -0.2) is 67.8 Å². The molecule has 0 saturated carbocycles. The van der Waals surface area contributed by atoms with Crippen molar-refractivity contribution in [2.24, 2.45) is 0 Å². The second-order valence-corrected chi connectivity index (χ2v) is 15.1. The summed E-state index contributed by atoms with van der Waals surface area (Å²) in [5.74, 6) is 0. The summed E-state index contributed by atoms with van der Waals surface area (Å²) in [4.78, 5) is 1.87. The van der Waals surface area contributed by atoms with Crippen LogP contribution < -0.4 is 0 Å². The quantitative estimate of drug-likeness (QED) is 0.0369. The maximum absolute atomic E-state index is 13.4. The molecule has 0 aliphatic heterocycles. The van der Waals surface area contributed by atoms with Crippen LogP contribution in [0, 0.1) is 0 Å². The lowest BCUT2D eigenvalue weighted by Crippen LogP contribution is -2.32. The molecule has 0 aliphatic rings. The molecule has 0 unspecified atom stereocenters. The average Bonchev–Trinajstić information content (AvgIpc) is 3.11. The molecule has 2 N–H and O–H groups in total. The molecule has 0 atom stereocenters. The smallest absolute Gasteiger partial charge is 0.395 e. The molecule has 50 heavy (non-hydrogen) atoms. The highest BCUT2D eigenvalue weighted by molar-refractivity contribution is 7.48. The van der Waals surface area contributed by atoms with E-state index in [2.05, 4.69) is 62.5 Å². The van der Waals surface area contributed by atoms with Gasteiger partial charge in [0.2, 0.25) is 0 Å². The SMILES string of the molecule is CCCCC/C=C\C/C=C\CCCCCCCCOP(=O)(OCCCCCCCC/C=C\C/C=C\CCCCC)OCCN(CCO)CCO. The largest absolute Gasteiger partial charge is 0.474 e. The number of allylic oxidation sites excluding steroid dienone is 8. The first-order chi connectivity index (χ1) is 24.6. The van der Waals surface area contributed by atoms with E-state index in [9.17, 15) is 14.8 Å². The third kappa shape index (κ3) is 36.7. The molecule has 0 rings (SSSR count). The summed E-state index contributed by atoms with van der Waals surface area (Å²) in [5.41, 5.74) is 0. The van der Waals surface area contributed by atoms with Gasteiger partial charge in [-0.3, -0.25) is 18.5 Å². The Bertz CT molecular complexity index is 786. The van der Waals surface area contributed by atoms with Crippen molar-refractivity contribution in [2.45, 2.75) is 168 Å². The van der Waals surface area contributed by atoms with Gasteiger partial charge in [-0.05, 0) is 77.0 Å². The van der Waals surface area contributed by atoms with Gasteiger partial charge in [0.15, 0.2) is 0 Å². The Morgan fingerprint density at radius 2 is 0.780 bits per heavy atom. The Hall–Kier alpha value is -1.05. The first-order valence-corrected chi connectivity index (χ1v) is 22.2. The van der Waals surface area contributed by atoms with Crippen molar-refractivity contribution >= 4 is 7.82 Å². The van der Waals surface area contributed by atoms with Gasteiger partial charge in [0.05, 0.1) is 33.0 Å². The fourth-order valence-corrected chi connectivity index (χ4v) is 6.78. The van der Waals surface area contributed by atoms with E-state index in [0.29, 0.717) is 32.8 Å². The van der Waals surface area contributed by atoms with Crippen molar-refractivity contribution < 1.29 is 28.3 Å². The third-order valence-electron chi connectivity index (χ3n) is 8.68. The van der Waals surface area contributed by atoms with Crippen LogP contribution in [0.4, 0.5) is 0 Å². The van der Waals surface area contributed by atoms with Crippen molar-refractivity contribution in [3.63, 3.8) is 0 Å². The summed E-state index contributed by atoms with van der Waals surface area (Å²) in [5, 5.41) is 18.5. The lowest BCUT2D eigenvalue weighted by atomic mass is 10.1. The van der Waals surface area contributed by atoms with E-state index in [1.54, 1.807) is 0 Å². The van der Waals surface area contributed by atoms with Crippen LogP contribution in [0.5, 0.6) is 0 Å². The number of nitrogens with zero attached hydrogens (tertiary/aromatic N) is 1. The molecular weight excluding hydrogens is 645 g/mol. The maximum atomic E-state index is 13.4. The molecule has 0 radical (unpaired) electrons. The number of hydrogen-bond donors (Lipinski definition) is 2. The second-order valence-electron chi connectivity index (χ2n) is 13.4. The Kier molecular flexibility index (Phi) is 39.9. The summed E-state index contributed by atoms with van der Waals surface area (Å²) in [6, 6.07) is 0. The van der Waals surface area contributed by atoms with E-state index in [1.165, 1.54) is 89.9 Å². The standard InChI is InChI=1S/C42H80NO6P/c1-3-5-7-9-11-13-15-17-19-21-23-25-27-29-31-33-40-47-50(46,49-42-37-43(35-38-44)36-39-45)48-41-34-32-30-28-26-24-22-20-18-16-14-12-10-8-6-4-2/h11-14,17-20,44-45H,3-10,15-16,21-42H2,1-2H3/b13-11-,14-12-,19-17-,20-18-. The van der Waals surface area contributed by atoms with Crippen LogP contribution >= 0.6 is 7.82 Å². The number of aliphatic hydroxyl groups excluding tert-OH is 2. The molecule has 0 saturated heterocycles. The number of rotatable bonds is 40. The molecule has 0 amide bonds. The van der Waals surface area contributed by atoms with Crippen molar-refractivity contribution in [2.75, 3.05) is 52.7 Å². The summed E-state index contributed by atoms with van der Waals surface area (Å²) >= 11 is 0. The average molecular weight is 726 g/mol. The Morgan fingerprint density at radius 3 is 1.16 bits per heavy atom. The van der Waals surface area contributed by atoms with Crippen LogP contribution in [0.3, 0.4) is 0 Å². The normalized spacial score (nSPS) is 12.7. The van der Waals surface area contributed by atoms with Crippen molar-refractivity contribution in [1.82, 2.24) is 4.90 Å². The summed E-state index contributed by atoms with van der Waals surface area (Å²) in [7, 11) is -3.67. The van der Waals surface area contributed by atoms with Gasteiger partial charge >= 0.3 is 7.82 Å². The highest BCUT2D eigenvalue weighted by Gasteiger charge is 2.26. The zero-order valence-corrected chi connectivity index (χ0v) is 33.6. The van der Waals surface area contributed by atoms with Crippen LogP contribution in [0.1, 0.15) is 168 Å². The molecule has 0 aromatic heterocycles. The Morgan fingerprint density at radius 1 is 0.440 bits per heavy atom. The van der Waals surface area contributed by atoms with E-state index >= 15 is 0 Å². The highest BCUT2D eigenvalue weighted by Crippen LogP contribution is 2.49. The van der Waals surface area contributed by atoms with E-state index in [-0.39, 0.29) is 19.8 Å². The molecule has 0 spiro atoms. The minimum absolute atomic E-state index is 0.00817. The van der Waals surface area contributed by atoms with Gasteiger partial charge in [0.25, 0.3) is 0 Å². The van der Waals surface area contributed by atoms with Crippen molar-refractivity contribution in [3.8, 4) is 0 Å². The first-order valence-electron chi connectivity index (χ1n) is 20.7. The zero-order valence-electron chi connectivity index (χ0n) is 32.7. The molecule has 294 valence electrons. The van der Waals surface area contributed by atoms with Gasteiger partial charge in [-0.15, -0.1) is 0 Å². The summed E-state index contributed by atoms with van der Waals surface area (Å²) in [6.45, 7) is 6.63. The molecule has 0 bridgehead atoms. The Balaban J connectivity index is 4.18. The molecule has 0 fully saturated rings. The van der Waals surface area contributed by atoms with E-state index in [0.717, 1.165) is 64.2 Å². The molecule has 0 heterocycles. The lowest BCUT2D eigenvalue weighted by Gasteiger charge is -2.22. The molecule has 0 aromatic rings. The van der Waals surface area contributed by atoms with Gasteiger partial charge in [-0.25, -0.2) is 4.57 Å². The number of phosphoric acid groups is 1. The number of aliphatic hydroxyl groups is 2. The highest BCUT2D eigenvalue weighted by atomic mass is 31.2. The predicted octanol–water partition coefficient (Wildman–Crippen LogP) is 12.1. The number of phosphoric ester groups is 1. The topological polar surface area (TPSA) is 88.5 Å². The van der Waals surface area contributed by atoms with Crippen molar-refractivity contribution in [1.29, 1.82) is 0 Å². The van der Waals surface area contributed by atoms with Crippen LogP contribution in [0.2, 0.25) is 0 Å². The molecule has 0 aliphatic carbocycles. The third-order valence-corrected chi connectivity index (χ3v) is 10.2. The monoisotopic (exact) mass is 726 g/mol. The van der Waals surface area contributed by atoms with Crippen molar-refractivity contribution in [3.05, 3.63) is 48.6 Å². The van der Waals surface area contributed by atoms with Gasteiger partial charge in [0, 0.05) is 19.6 Å². The minimum atomic E-state index is -3.67. The fourth-order valence-electron chi connectivity index (χ4n) is 5.55. The molecule has 7 nitrogen and oxygen atoms in total. The number of hydrogen-bond acceptors (Lipinski definition) is 7. The van der Waals surface area contributed by atoms with E-state index in [1.807, 2.05) is 4.90 Å². The first kappa shape index (κ1) is 49.0. The van der Waals surface area contributed by atoms with Crippen LogP contribution in [0.15, 0.2) is 48.6 Å². The van der Waals surface area contributed by atoms with E-state index < -0.39 is 7.82 Å². The Labute approximate surface area is 309 Å². The maximum Gasteiger partial charge on any atom is 0.474 e. The molecular formula is C42H80NO6P. The van der Waals surface area contributed by atoms with Gasteiger partial charge in [-0.1, -0.05) is 140 Å². The molecule has 8 heteroatoms. The van der Waals surface area contributed by atoms with E-state index in [4.69, 9.17) is 13.6 Å². The summed E-state index contributed by atoms with van der Waals surface area (Å²) < 4.78 is 30.6. The van der Waals surface area contributed by atoms with Gasteiger partial charge in [0.1, 0.15) is 0 Å². The minimum Gasteiger partial charge on any atom is -0.395 e. The van der Waals surface area contributed by atoms with Gasteiger partial charge < -0.3 is 10.2 Å².